The molecule has 1 rings (SSSR count). The Bertz CT molecular complexity index is 402. The molecular weight excluding hydrogens is 388 g/mol. The Morgan fingerprint density at radius 3 is 2.53 bits per heavy atom. The van der Waals surface area contributed by atoms with E-state index in [2.05, 4.69) is 68.0 Å². The summed E-state index contributed by atoms with van der Waals surface area (Å²) >= 11 is 7.04. The highest BCUT2D eigenvalue weighted by Gasteiger charge is 2.15. The Morgan fingerprint density at radius 1 is 1.26 bits per heavy atom. The zero-order valence-electron chi connectivity index (χ0n) is 12.3. The Morgan fingerprint density at radius 2 is 1.95 bits per heavy atom. The van der Waals surface area contributed by atoms with Gasteiger partial charge in [0.05, 0.1) is 0 Å². The molecule has 0 radical (unpaired) electrons. The normalized spacial score (nSPS) is 12.1. The molecule has 1 aromatic rings. The van der Waals surface area contributed by atoms with Crippen molar-refractivity contribution in [2.45, 2.75) is 58.6 Å². The van der Waals surface area contributed by atoms with Crippen LogP contribution in [0.3, 0.4) is 0 Å². The number of ether oxygens (including phenoxy) is 1. The van der Waals surface area contributed by atoms with Gasteiger partial charge in [0.1, 0.15) is 21.8 Å². The second-order valence-electron chi connectivity index (χ2n) is 5.99. The number of hydrogen-bond acceptors (Lipinski definition) is 2. The summed E-state index contributed by atoms with van der Waals surface area (Å²) in [6, 6.07) is 1.20. The maximum atomic E-state index is 5.82. The van der Waals surface area contributed by atoms with Crippen LogP contribution in [0, 0.1) is 0 Å². The van der Waals surface area contributed by atoms with Gasteiger partial charge in [-0.15, -0.1) is 0 Å². The fourth-order valence-electron chi connectivity index (χ4n) is 1.64. The number of imidazole rings is 1. The summed E-state index contributed by atoms with van der Waals surface area (Å²) in [5.74, 6) is 1.09. The highest BCUT2D eigenvalue weighted by atomic mass is 79.9. The molecule has 3 nitrogen and oxygen atoms in total. The van der Waals surface area contributed by atoms with Crippen molar-refractivity contribution in [2.24, 2.45) is 0 Å². The number of rotatable bonds is 8. The van der Waals surface area contributed by atoms with Gasteiger partial charge in [-0.05, 0) is 44.3 Å². The lowest BCUT2D eigenvalue weighted by molar-refractivity contribution is 0.0836. The molecule has 0 fully saturated rings. The molecular formula is C13H24Br2N2OSi. The van der Waals surface area contributed by atoms with E-state index in [1.807, 2.05) is 0 Å². The molecule has 0 N–H and O–H groups in total. The first kappa shape index (κ1) is 17.4. The lowest BCUT2D eigenvalue weighted by atomic mass is 10.2. The molecule has 1 aromatic heterocycles. The van der Waals surface area contributed by atoms with Crippen LogP contribution in [0.15, 0.2) is 9.21 Å². The van der Waals surface area contributed by atoms with Gasteiger partial charge >= 0.3 is 0 Å². The third-order valence-electron chi connectivity index (χ3n) is 2.92. The van der Waals surface area contributed by atoms with Gasteiger partial charge in [0, 0.05) is 21.1 Å². The smallest absolute Gasteiger partial charge is 0.139 e. The quantitative estimate of drug-likeness (QED) is 0.441. The molecule has 0 aliphatic heterocycles. The van der Waals surface area contributed by atoms with Gasteiger partial charge in [0.25, 0.3) is 0 Å². The molecule has 0 aliphatic rings. The summed E-state index contributed by atoms with van der Waals surface area (Å²) in [5.41, 5.74) is 0. The molecule has 19 heavy (non-hydrogen) atoms. The van der Waals surface area contributed by atoms with E-state index in [9.17, 15) is 0 Å². The van der Waals surface area contributed by atoms with Gasteiger partial charge in [0.15, 0.2) is 0 Å². The summed E-state index contributed by atoms with van der Waals surface area (Å²) in [7, 11) is -1.01. The van der Waals surface area contributed by atoms with Crippen LogP contribution in [0.25, 0.3) is 0 Å². The van der Waals surface area contributed by atoms with Crippen molar-refractivity contribution in [3.8, 4) is 0 Å². The molecule has 0 spiro atoms. The summed E-state index contributed by atoms with van der Waals surface area (Å²) in [6.07, 6.45) is 3.33. The predicted octanol–water partition coefficient (Wildman–Crippen LogP) is 5.06. The zero-order valence-corrected chi connectivity index (χ0v) is 16.5. The van der Waals surface area contributed by atoms with Crippen molar-refractivity contribution < 1.29 is 4.74 Å². The first-order chi connectivity index (χ1) is 8.85. The Balaban J connectivity index is 2.56. The number of nitrogens with zero attached hydrogens (tertiary/aromatic N) is 2. The van der Waals surface area contributed by atoms with E-state index in [1.165, 1.54) is 12.5 Å². The number of unbranched alkanes of at least 4 members (excludes halogenated alkanes) is 1. The van der Waals surface area contributed by atoms with Crippen LogP contribution >= 0.6 is 31.9 Å². The average molecular weight is 412 g/mol. The van der Waals surface area contributed by atoms with Gasteiger partial charge in [0.2, 0.25) is 0 Å². The maximum Gasteiger partial charge on any atom is 0.139 e. The van der Waals surface area contributed by atoms with Gasteiger partial charge in [-0.25, -0.2) is 4.98 Å². The van der Waals surface area contributed by atoms with Crippen LogP contribution in [0.5, 0.6) is 0 Å². The topological polar surface area (TPSA) is 27.1 Å². The maximum absolute atomic E-state index is 5.82. The van der Waals surface area contributed by atoms with E-state index < -0.39 is 8.07 Å². The Hall–Kier alpha value is 0.347. The van der Waals surface area contributed by atoms with E-state index in [4.69, 9.17) is 4.74 Å². The van der Waals surface area contributed by atoms with Crippen molar-refractivity contribution in [3.05, 3.63) is 15.0 Å². The summed E-state index contributed by atoms with van der Waals surface area (Å²) in [4.78, 5) is 4.54. The van der Waals surface area contributed by atoms with Crippen LogP contribution in [-0.4, -0.2) is 24.2 Å². The minimum Gasteiger partial charge on any atom is -0.361 e. The van der Waals surface area contributed by atoms with E-state index in [1.54, 1.807) is 0 Å². The highest BCUT2D eigenvalue weighted by molar-refractivity contribution is 9.13. The number of halogens is 2. The fraction of sp³-hybridized carbons (Fsp3) is 0.769. The second-order valence-corrected chi connectivity index (χ2v) is 13.1. The van der Waals surface area contributed by atoms with Crippen LogP contribution in [0.1, 0.15) is 25.6 Å². The molecule has 110 valence electrons. The highest BCUT2D eigenvalue weighted by Crippen LogP contribution is 2.25. The van der Waals surface area contributed by atoms with Crippen molar-refractivity contribution in [2.75, 3.05) is 6.61 Å². The largest absolute Gasteiger partial charge is 0.361 e. The standard InChI is InChI=1S/C13H24Br2N2OSi/c1-5-6-7-11-16-12(14)13(15)17(11)10-18-8-9-19(2,3)4/h5-10H2,1-4H3. The molecule has 0 amide bonds. The summed E-state index contributed by atoms with van der Waals surface area (Å²) in [5, 5.41) is 0. The molecule has 0 atom stereocenters. The van der Waals surface area contributed by atoms with Crippen molar-refractivity contribution >= 4 is 39.9 Å². The van der Waals surface area contributed by atoms with Crippen LogP contribution in [0.4, 0.5) is 0 Å². The van der Waals surface area contributed by atoms with Gasteiger partial charge < -0.3 is 4.74 Å². The second kappa shape index (κ2) is 7.95. The Labute approximate surface area is 134 Å². The third kappa shape index (κ3) is 6.10. The number of hydrogen-bond donors (Lipinski definition) is 0. The van der Waals surface area contributed by atoms with Crippen LogP contribution in [0.2, 0.25) is 25.7 Å². The molecule has 0 aromatic carbocycles. The lowest BCUT2D eigenvalue weighted by Gasteiger charge is -2.16. The number of aryl methyl sites for hydroxylation is 1. The van der Waals surface area contributed by atoms with E-state index in [0.717, 1.165) is 34.5 Å². The van der Waals surface area contributed by atoms with Crippen LogP contribution < -0.4 is 0 Å². The van der Waals surface area contributed by atoms with Gasteiger partial charge in [-0.3, -0.25) is 4.57 Å². The molecule has 1 heterocycles. The SMILES string of the molecule is CCCCc1nc(Br)c(Br)n1COCC[Si](C)(C)C. The average Bonchev–Trinajstić information content (AvgIpc) is 2.58. The Kier molecular flexibility index (Phi) is 7.28. The van der Waals surface area contributed by atoms with Gasteiger partial charge in [-0.2, -0.15) is 0 Å². The molecule has 0 saturated carbocycles. The lowest BCUT2D eigenvalue weighted by Crippen LogP contribution is -2.22. The third-order valence-corrected chi connectivity index (χ3v) is 6.51. The summed E-state index contributed by atoms with van der Waals surface area (Å²) in [6.45, 7) is 10.7. The van der Waals surface area contributed by atoms with E-state index in [-0.39, 0.29) is 0 Å². The molecule has 0 bridgehead atoms. The zero-order chi connectivity index (χ0) is 14.5. The van der Waals surface area contributed by atoms with Crippen molar-refractivity contribution in [1.29, 1.82) is 0 Å². The van der Waals surface area contributed by atoms with E-state index >= 15 is 0 Å². The summed E-state index contributed by atoms with van der Waals surface area (Å²) < 4.78 is 9.78. The number of aromatic nitrogens is 2. The minimum absolute atomic E-state index is 0.586. The monoisotopic (exact) mass is 410 g/mol. The first-order valence-corrected chi connectivity index (χ1v) is 12.1. The molecule has 0 aliphatic carbocycles. The first-order valence-electron chi connectivity index (χ1n) is 6.83. The van der Waals surface area contributed by atoms with Gasteiger partial charge in [-0.1, -0.05) is 33.0 Å². The molecule has 0 saturated heterocycles. The van der Waals surface area contributed by atoms with E-state index in [0.29, 0.717) is 6.73 Å². The minimum atomic E-state index is -1.01. The fourth-order valence-corrected chi connectivity index (χ4v) is 3.21. The van der Waals surface area contributed by atoms with Crippen molar-refractivity contribution in [3.63, 3.8) is 0 Å². The predicted molar refractivity (Wildman–Crippen MR) is 90.3 cm³/mol. The van der Waals surface area contributed by atoms with Crippen molar-refractivity contribution in [1.82, 2.24) is 9.55 Å². The molecule has 0 unspecified atom stereocenters. The molecule has 6 heteroatoms. The van der Waals surface area contributed by atoms with Crippen LogP contribution in [-0.2, 0) is 17.9 Å².